The standard InChI is InChI=1S/C13H16BrNO/c1-15-13(8-3-2-7-12(13)16)10-5-4-6-11(14)9-10/h4-6,9,15H,2-3,7-8H2,1H3/t13-/m1/s1. The van der Waals surface area contributed by atoms with Gasteiger partial charge in [-0.2, -0.15) is 0 Å². The third-order valence-electron chi connectivity index (χ3n) is 3.43. The van der Waals surface area contributed by atoms with Gasteiger partial charge in [-0.25, -0.2) is 0 Å². The summed E-state index contributed by atoms with van der Waals surface area (Å²) in [6.07, 6.45) is 3.72. The molecular weight excluding hydrogens is 266 g/mol. The minimum Gasteiger partial charge on any atom is -0.304 e. The van der Waals surface area contributed by atoms with E-state index in [0.717, 1.165) is 29.3 Å². The average Bonchev–Trinajstić information content (AvgIpc) is 2.30. The van der Waals surface area contributed by atoms with E-state index < -0.39 is 5.54 Å². The van der Waals surface area contributed by atoms with Crippen LogP contribution in [0.15, 0.2) is 28.7 Å². The highest BCUT2D eigenvalue weighted by Gasteiger charge is 2.39. The number of halogens is 1. The highest BCUT2D eigenvalue weighted by molar-refractivity contribution is 9.10. The van der Waals surface area contributed by atoms with Crippen LogP contribution in [-0.2, 0) is 10.3 Å². The van der Waals surface area contributed by atoms with E-state index in [2.05, 4.69) is 21.2 Å². The van der Waals surface area contributed by atoms with E-state index in [4.69, 9.17) is 0 Å². The lowest BCUT2D eigenvalue weighted by Gasteiger charge is -2.36. The molecule has 1 saturated carbocycles. The van der Waals surface area contributed by atoms with Gasteiger partial charge in [-0.1, -0.05) is 34.5 Å². The summed E-state index contributed by atoms with van der Waals surface area (Å²) < 4.78 is 1.03. The van der Waals surface area contributed by atoms with Crippen LogP contribution in [0.5, 0.6) is 0 Å². The van der Waals surface area contributed by atoms with Crippen molar-refractivity contribution in [3.63, 3.8) is 0 Å². The Kier molecular flexibility index (Phi) is 3.45. The zero-order valence-electron chi connectivity index (χ0n) is 9.42. The van der Waals surface area contributed by atoms with Crippen LogP contribution in [-0.4, -0.2) is 12.8 Å². The third-order valence-corrected chi connectivity index (χ3v) is 3.92. The topological polar surface area (TPSA) is 29.1 Å². The summed E-state index contributed by atoms with van der Waals surface area (Å²) in [5, 5.41) is 3.24. The summed E-state index contributed by atoms with van der Waals surface area (Å²) in [6, 6.07) is 8.05. The van der Waals surface area contributed by atoms with Crippen molar-refractivity contribution in [2.75, 3.05) is 7.05 Å². The van der Waals surface area contributed by atoms with Crippen LogP contribution in [0.25, 0.3) is 0 Å². The second-order valence-corrected chi connectivity index (χ2v) is 5.21. The number of hydrogen-bond donors (Lipinski definition) is 1. The van der Waals surface area contributed by atoms with Crippen molar-refractivity contribution in [3.05, 3.63) is 34.3 Å². The van der Waals surface area contributed by atoms with Gasteiger partial charge in [-0.05, 0) is 37.6 Å². The molecule has 3 heteroatoms. The van der Waals surface area contributed by atoms with Crippen molar-refractivity contribution < 1.29 is 4.79 Å². The molecule has 0 aliphatic heterocycles. The van der Waals surface area contributed by atoms with Gasteiger partial charge < -0.3 is 5.32 Å². The maximum atomic E-state index is 12.2. The molecule has 0 unspecified atom stereocenters. The van der Waals surface area contributed by atoms with Crippen LogP contribution in [0.2, 0.25) is 0 Å². The molecular formula is C13H16BrNO. The zero-order valence-corrected chi connectivity index (χ0v) is 11.0. The first kappa shape index (κ1) is 11.8. The molecule has 0 spiro atoms. The van der Waals surface area contributed by atoms with Crippen molar-refractivity contribution in [1.29, 1.82) is 0 Å². The van der Waals surface area contributed by atoms with Crippen LogP contribution in [0, 0.1) is 0 Å². The van der Waals surface area contributed by atoms with Crippen molar-refractivity contribution in [3.8, 4) is 0 Å². The van der Waals surface area contributed by atoms with Gasteiger partial charge in [0.05, 0.1) is 0 Å². The fraction of sp³-hybridized carbons (Fsp3) is 0.462. The smallest absolute Gasteiger partial charge is 0.157 e. The Morgan fingerprint density at radius 3 is 2.81 bits per heavy atom. The molecule has 2 nitrogen and oxygen atoms in total. The van der Waals surface area contributed by atoms with E-state index >= 15 is 0 Å². The first-order chi connectivity index (χ1) is 7.69. The van der Waals surface area contributed by atoms with Gasteiger partial charge in [0, 0.05) is 10.9 Å². The van der Waals surface area contributed by atoms with Gasteiger partial charge in [-0.3, -0.25) is 4.79 Å². The molecule has 1 fully saturated rings. The Morgan fingerprint density at radius 2 is 2.19 bits per heavy atom. The summed E-state index contributed by atoms with van der Waals surface area (Å²) in [7, 11) is 1.88. The average molecular weight is 282 g/mol. The Labute approximate surface area is 105 Å². The maximum absolute atomic E-state index is 12.2. The lowest BCUT2D eigenvalue weighted by atomic mass is 9.76. The van der Waals surface area contributed by atoms with Gasteiger partial charge in [0.15, 0.2) is 5.78 Å². The van der Waals surface area contributed by atoms with Gasteiger partial charge in [-0.15, -0.1) is 0 Å². The van der Waals surface area contributed by atoms with E-state index in [9.17, 15) is 4.79 Å². The zero-order chi connectivity index (χ0) is 11.6. The number of nitrogens with one attached hydrogen (secondary N) is 1. The number of carbonyl (C=O) groups is 1. The molecule has 0 bridgehead atoms. The van der Waals surface area contributed by atoms with E-state index in [1.165, 1.54) is 0 Å². The monoisotopic (exact) mass is 281 g/mol. The molecule has 1 aliphatic carbocycles. The fourth-order valence-electron chi connectivity index (χ4n) is 2.50. The number of ketones is 1. The van der Waals surface area contributed by atoms with E-state index in [1.807, 2.05) is 31.3 Å². The van der Waals surface area contributed by atoms with Gasteiger partial charge in [0.1, 0.15) is 5.54 Å². The minimum atomic E-state index is -0.456. The molecule has 16 heavy (non-hydrogen) atoms. The van der Waals surface area contributed by atoms with Crippen LogP contribution >= 0.6 is 15.9 Å². The molecule has 86 valence electrons. The Bertz CT molecular complexity index is 405. The van der Waals surface area contributed by atoms with Crippen LogP contribution in [0.3, 0.4) is 0 Å². The van der Waals surface area contributed by atoms with Gasteiger partial charge >= 0.3 is 0 Å². The van der Waals surface area contributed by atoms with Crippen LogP contribution in [0.4, 0.5) is 0 Å². The molecule has 0 radical (unpaired) electrons. The summed E-state index contributed by atoms with van der Waals surface area (Å²) in [5.74, 6) is 0.319. The number of likely N-dealkylation sites (N-methyl/N-ethyl adjacent to an activating group) is 1. The molecule has 1 aliphatic rings. The number of rotatable bonds is 2. The quantitative estimate of drug-likeness (QED) is 0.903. The second-order valence-electron chi connectivity index (χ2n) is 4.30. The number of carbonyl (C=O) groups excluding carboxylic acids is 1. The maximum Gasteiger partial charge on any atom is 0.157 e. The summed E-state index contributed by atoms with van der Waals surface area (Å²) in [4.78, 5) is 12.2. The SMILES string of the molecule is CN[C@@]1(c2cccc(Br)c2)CCCCC1=O. The highest BCUT2D eigenvalue weighted by atomic mass is 79.9. The summed E-state index contributed by atoms with van der Waals surface area (Å²) in [6.45, 7) is 0. The number of Topliss-reactive ketones (excluding diaryl/α,β-unsaturated/α-hetero) is 1. The molecule has 0 heterocycles. The molecule has 1 atom stereocenters. The Morgan fingerprint density at radius 1 is 1.38 bits per heavy atom. The van der Waals surface area contributed by atoms with Crippen molar-refractivity contribution in [2.45, 2.75) is 31.2 Å². The largest absolute Gasteiger partial charge is 0.304 e. The van der Waals surface area contributed by atoms with E-state index in [-0.39, 0.29) is 0 Å². The third kappa shape index (κ3) is 1.94. The number of benzene rings is 1. The highest BCUT2D eigenvalue weighted by Crippen LogP contribution is 2.35. The predicted octanol–water partition coefficient (Wildman–Crippen LogP) is 3.01. The van der Waals surface area contributed by atoms with Gasteiger partial charge in [0.25, 0.3) is 0 Å². The molecule has 1 aromatic carbocycles. The van der Waals surface area contributed by atoms with Crippen molar-refractivity contribution in [2.24, 2.45) is 0 Å². The molecule has 1 aromatic rings. The Hall–Kier alpha value is -0.670. The van der Waals surface area contributed by atoms with Crippen molar-refractivity contribution >= 4 is 21.7 Å². The first-order valence-electron chi connectivity index (χ1n) is 5.67. The molecule has 1 N–H and O–H groups in total. The second kappa shape index (κ2) is 4.68. The van der Waals surface area contributed by atoms with Crippen molar-refractivity contribution in [1.82, 2.24) is 5.32 Å². The normalized spacial score (nSPS) is 25.8. The number of hydrogen-bond acceptors (Lipinski definition) is 2. The van der Waals surface area contributed by atoms with Crippen LogP contribution in [0.1, 0.15) is 31.2 Å². The first-order valence-corrected chi connectivity index (χ1v) is 6.46. The lowest BCUT2D eigenvalue weighted by Crippen LogP contribution is -2.49. The lowest BCUT2D eigenvalue weighted by molar-refractivity contribution is -0.127. The summed E-state index contributed by atoms with van der Waals surface area (Å²) in [5.41, 5.74) is 0.622. The minimum absolute atomic E-state index is 0.319. The molecule has 0 aromatic heterocycles. The molecule has 0 saturated heterocycles. The molecule has 2 rings (SSSR count). The van der Waals surface area contributed by atoms with E-state index in [0.29, 0.717) is 12.2 Å². The van der Waals surface area contributed by atoms with Crippen LogP contribution < -0.4 is 5.32 Å². The van der Waals surface area contributed by atoms with E-state index in [1.54, 1.807) is 0 Å². The summed E-state index contributed by atoms with van der Waals surface area (Å²) >= 11 is 3.46. The Balaban J connectivity index is 2.44. The fourth-order valence-corrected chi connectivity index (χ4v) is 2.90. The molecule has 0 amide bonds. The predicted molar refractivity (Wildman–Crippen MR) is 68.4 cm³/mol. The van der Waals surface area contributed by atoms with Gasteiger partial charge in [0.2, 0.25) is 0 Å².